The Morgan fingerprint density at radius 1 is 1.53 bits per heavy atom. The summed E-state index contributed by atoms with van der Waals surface area (Å²) >= 11 is 3.05. The van der Waals surface area contributed by atoms with Crippen LogP contribution in [0.1, 0.15) is 10.6 Å². The first-order valence-electron chi connectivity index (χ1n) is 4.90. The summed E-state index contributed by atoms with van der Waals surface area (Å²) in [5, 5.41) is 19.0. The first-order chi connectivity index (χ1) is 8.97. The number of nitrogens with one attached hydrogen (secondary N) is 2. The first-order valence-corrected chi connectivity index (χ1v) is 5.70. The van der Waals surface area contributed by atoms with Crippen molar-refractivity contribution < 1.29 is 9.72 Å². The highest BCUT2D eigenvalue weighted by Crippen LogP contribution is 2.27. The van der Waals surface area contributed by atoms with Crippen LogP contribution < -0.4 is 11.1 Å². The number of benzene rings is 1. The SMILES string of the molecule is Nc1n[nH]c(C(=O)Nc2ccc(Br)c([N+](=O)[O-])c2)n1. The first kappa shape index (κ1) is 13.0. The molecule has 0 aliphatic rings. The van der Waals surface area contributed by atoms with Gasteiger partial charge < -0.3 is 11.1 Å². The topological polar surface area (TPSA) is 140 Å². The number of carbonyl (C=O) groups excluding carboxylic acids is 1. The predicted molar refractivity (Wildman–Crippen MR) is 69.5 cm³/mol. The lowest BCUT2D eigenvalue weighted by molar-refractivity contribution is -0.385. The second kappa shape index (κ2) is 5.02. The number of hydrogen-bond donors (Lipinski definition) is 3. The Hall–Kier alpha value is -2.49. The molecular formula is C9H7BrN6O3. The number of aromatic amines is 1. The number of nitro groups is 1. The number of halogens is 1. The Morgan fingerprint density at radius 3 is 2.84 bits per heavy atom. The molecule has 4 N–H and O–H groups in total. The summed E-state index contributed by atoms with van der Waals surface area (Å²) in [6, 6.07) is 4.19. The number of rotatable bonds is 3. The van der Waals surface area contributed by atoms with Gasteiger partial charge in [0.2, 0.25) is 11.8 Å². The minimum absolute atomic E-state index is 0.0630. The number of aromatic nitrogens is 3. The second-order valence-electron chi connectivity index (χ2n) is 3.42. The van der Waals surface area contributed by atoms with Crippen LogP contribution in [0.15, 0.2) is 22.7 Å². The monoisotopic (exact) mass is 326 g/mol. The highest BCUT2D eigenvalue weighted by molar-refractivity contribution is 9.10. The summed E-state index contributed by atoms with van der Waals surface area (Å²) < 4.78 is 0.319. The van der Waals surface area contributed by atoms with Crippen LogP contribution in [0.4, 0.5) is 17.3 Å². The molecule has 0 saturated heterocycles. The molecule has 0 saturated carbocycles. The smallest absolute Gasteiger partial charge is 0.293 e. The molecule has 1 aromatic carbocycles. The zero-order valence-corrected chi connectivity index (χ0v) is 10.8. The Balaban J connectivity index is 2.22. The Labute approximate surface area is 114 Å². The van der Waals surface area contributed by atoms with E-state index in [1.165, 1.54) is 18.2 Å². The summed E-state index contributed by atoms with van der Waals surface area (Å²) in [6.07, 6.45) is 0. The van der Waals surface area contributed by atoms with Gasteiger partial charge in [0.15, 0.2) is 0 Å². The van der Waals surface area contributed by atoms with E-state index < -0.39 is 10.8 Å². The molecule has 0 aliphatic carbocycles. The zero-order chi connectivity index (χ0) is 14.0. The number of anilines is 2. The van der Waals surface area contributed by atoms with Crippen molar-refractivity contribution in [3.05, 3.63) is 38.6 Å². The lowest BCUT2D eigenvalue weighted by atomic mass is 10.3. The molecule has 1 heterocycles. The van der Waals surface area contributed by atoms with Crippen molar-refractivity contribution in [1.82, 2.24) is 15.2 Å². The molecule has 1 amide bonds. The van der Waals surface area contributed by atoms with Gasteiger partial charge in [-0.1, -0.05) is 0 Å². The van der Waals surface area contributed by atoms with Crippen LogP contribution >= 0.6 is 15.9 Å². The van der Waals surface area contributed by atoms with E-state index in [0.29, 0.717) is 4.47 Å². The maximum atomic E-state index is 11.7. The fraction of sp³-hybridized carbons (Fsp3) is 0. The summed E-state index contributed by atoms with van der Waals surface area (Å²) in [5.41, 5.74) is 5.37. The number of nitrogens with zero attached hydrogens (tertiary/aromatic N) is 3. The van der Waals surface area contributed by atoms with E-state index in [9.17, 15) is 14.9 Å². The van der Waals surface area contributed by atoms with Crippen molar-refractivity contribution in [2.75, 3.05) is 11.1 Å². The molecule has 0 spiro atoms. The van der Waals surface area contributed by atoms with E-state index in [-0.39, 0.29) is 23.1 Å². The molecule has 0 bridgehead atoms. The standard InChI is InChI=1S/C9H7BrN6O3/c10-5-2-1-4(3-6(5)16(18)19)12-8(17)7-13-9(11)15-14-7/h1-3H,(H,12,17)(H3,11,13,14,15). The fourth-order valence-corrected chi connectivity index (χ4v) is 1.69. The number of hydrogen-bond acceptors (Lipinski definition) is 6. The van der Waals surface area contributed by atoms with Crippen LogP contribution in [-0.2, 0) is 0 Å². The molecule has 0 aliphatic heterocycles. The molecular weight excluding hydrogens is 320 g/mol. The van der Waals surface area contributed by atoms with Crippen molar-refractivity contribution in [1.29, 1.82) is 0 Å². The van der Waals surface area contributed by atoms with Crippen molar-refractivity contribution in [2.45, 2.75) is 0 Å². The molecule has 9 nitrogen and oxygen atoms in total. The van der Waals surface area contributed by atoms with Crippen LogP contribution in [0.5, 0.6) is 0 Å². The third-order valence-electron chi connectivity index (χ3n) is 2.12. The minimum Gasteiger partial charge on any atom is -0.366 e. The Morgan fingerprint density at radius 2 is 2.26 bits per heavy atom. The van der Waals surface area contributed by atoms with Gasteiger partial charge in [-0.3, -0.25) is 20.0 Å². The van der Waals surface area contributed by atoms with E-state index in [0.717, 1.165) is 0 Å². The van der Waals surface area contributed by atoms with Gasteiger partial charge in [-0.05, 0) is 28.1 Å². The maximum absolute atomic E-state index is 11.7. The second-order valence-corrected chi connectivity index (χ2v) is 4.27. The van der Waals surface area contributed by atoms with Gasteiger partial charge in [0.05, 0.1) is 9.40 Å². The molecule has 19 heavy (non-hydrogen) atoms. The highest BCUT2D eigenvalue weighted by atomic mass is 79.9. The van der Waals surface area contributed by atoms with Gasteiger partial charge in [0.1, 0.15) is 0 Å². The van der Waals surface area contributed by atoms with E-state index in [2.05, 4.69) is 36.4 Å². The van der Waals surface area contributed by atoms with Gasteiger partial charge in [-0.15, -0.1) is 5.10 Å². The fourth-order valence-electron chi connectivity index (χ4n) is 1.30. The van der Waals surface area contributed by atoms with Crippen molar-refractivity contribution in [3.63, 3.8) is 0 Å². The molecule has 1 aromatic heterocycles. The van der Waals surface area contributed by atoms with Gasteiger partial charge >= 0.3 is 0 Å². The largest absolute Gasteiger partial charge is 0.366 e. The normalized spacial score (nSPS) is 10.2. The van der Waals surface area contributed by atoms with E-state index in [4.69, 9.17) is 5.73 Å². The number of amides is 1. The maximum Gasteiger partial charge on any atom is 0.293 e. The molecule has 2 rings (SSSR count). The van der Waals surface area contributed by atoms with E-state index in [1.54, 1.807) is 0 Å². The number of H-pyrrole nitrogens is 1. The Bertz CT molecular complexity index is 655. The zero-order valence-electron chi connectivity index (χ0n) is 9.25. The number of nitrogen functional groups attached to an aromatic ring is 1. The predicted octanol–water partition coefficient (Wildman–Crippen LogP) is 1.31. The lowest BCUT2D eigenvalue weighted by Gasteiger charge is -2.03. The summed E-state index contributed by atoms with van der Waals surface area (Å²) in [5.74, 6) is -0.740. The van der Waals surface area contributed by atoms with Gasteiger partial charge in [0.25, 0.3) is 11.6 Å². The summed E-state index contributed by atoms with van der Waals surface area (Å²) in [6.45, 7) is 0. The van der Waals surface area contributed by atoms with Crippen LogP contribution in [0.3, 0.4) is 0 Å². The van der Waals surface area contributed by atoms with Crippen LogP contribution in [0, 0.1) is 10.1 Å². The van der Waals surface area contributed by atoms with Crippen LogP contribution in [0.25, 0.3) is 0 Å². The van der Waals surface area contributed by atoms with Crippen LogP contribution in [0.2, 0.25) is 0 Å². The van der Waals surface area contributed by atoms with Gasteiger partial charge in [-0.2, -0.15) is 4.98 Å². The third-order valence-corrected chi connectivity index (χ3v) is 2.79. The lowest BCUT2D eigenvalue weighted by Crippen LogP contribution is -2.14. The molecule has 0 radical (unpaired) electrons. The van der Waals surface area contributed by atoms with Gasteiger partial charge in [0, 0.05) is 11.8 Å². The average molecular weight is 327 g/mol. The molecule has 0 unspecified atom stereocenters. The number of nitro benzene ring substituents is 1. The number of nitrogens with two attached hydrogens (primary N) is 1. The molecule has 0 fully saturated rings. The van der Waals surface area contributed by atoms with Crippen molar-refractivity contribution >= 4 is 39.2 Å². The van der Waals surface area contributed by atoms with Crippen LogP contribution in [-0.4, -0.2) is 26.0 Å². The molecule has 10 heteroatoms. The van der Waals surface area contributed by atoms with E-state index >= 15 is 0 Å². The quantitative estimate of drug-likeness (QED) is 0.573. The molecule has 0 atom stereocenters. The Kier molecular flexibility index (Phi) is 3.42. The number of carbonyl (C=O) groups is 1. The van der Waals surface area contributed by atoms with E-state index in [1.807, 2.05) is 0 Å². The average Bonchev–Trinajstić information content (AvgIpc) is 2.78. The van der Waals surface area contributed by atoms with Crippen molar-refractivity contribution in [2.24, 2.45) is 0 Å². The highest BCUT2D eigenvalue weighted by Gasteiger charge is 2.15. The third kappa shape index (κ3) is 2.85. The summed E-state index contributed by atoms with van der Waals surface area (Å²) in [7, 11) is 0. The molecule has 98 valence electrons. The molecule has 2 aromatic rings. The summed E-state index contributed by atoms with van der Waals surface area (Å²) in [4.78, 5) is 25.5. The van der Waals surface area contributed by atoms with Gasteiger partial charge in [-0.25, -0.2) is 0 Å². The van der Waals surface area contributed by atoms with Crippen molar-refractivity contribution in [3.8, 4) is 0 Å². The minimum atomic E-state index is -0.596.